The highest BCUT2D eigenvalue weighted by atomic mass is 16.6. The van der Waals surface area contributed by atoms with Gasteiger partial charge in [0.25, 0.3) is 0 Å². The molecular formula is C21H29N3O4. The molecule has 28 heavy (non-hydrogen) atoms. The van der Waals surface area contributed by atoms with Crippen LogP contribution in [0.15, 0.2) is 24.3 Å². The minimum atomic E-state index is -0.305. The number of carbonyl (C=O) groups is 3. The van der Waals surface area contributed by atoms with Gasteiger partial charge in [0.05, 0.1) is 12.5 Å². The lowest BCUT2D eigenvalue weighted by atomic mass is 10.0. The van der Waals surface area contributed by atoms with E-state index in [0.717, 1.165) is 5.56 Å². The van der Waals surface area contributed by atoms with Crippen LogP contribution in [0.1, 0.15) is 37.3 Å². The van der Waals surface area contributed by atoms with Crippen molar-refractivity contribution in [3.05, 3.63) is 35.4 Å². The lowest BCUT2D eigenvalue weighted by Crippen LogP contribution is -2.48. The van der Waals surface area contributed by atoms with E-state index in [1.807, 2.05) is 31.2 Å². The number of hydrogen-bond donors (Lipinski definition) is 1. The number of benzene rings is 1. The maximum atomic E-state index is 12.6. The van der Waals surface area contributed by atoms with Gasteiger partial charge in [0.1, 0.15) is 0 Å². The highest BCUT2D eigenvalue weighted by molar-refractivity contribution is 5.89. The number of amides is 3. The van der Waals surface area contributed by atoms with Gasteiger partial charge < -0.3 is 19.9 Å². The molecule has 1 unspecified atom stereocenters. The summed E-state index contributed by atoms with van der Waals surface area (Å²) in [7, 11) is 0. The predicted octanol–water partition coefficient (Wildman–Crippen LogP) is 2.08. The van der Waals surface area contributed by atoms with Gasteiger partial charge in [0.2, 0.25) is 11.8 Å². The first-order chi connectivity index (χ1) is 13.5. The van der Waals surface area contributed by atoms with Gasteiger partial charge in [-0.05, 0) is 32.3 Å². The summed E-state index contributed by atoms with van der Waals surface area (Å²) < 4.78 is 5.01. The topological polar surface area (TPSA) is 79.0 Å². The number of piperidine rings is 1. The molecule has 3 amide bonds. The summed E-state index contributed by atoms with van der Waals surface area (Å²) in [5.41, 5.74) is 2.26. The molecule has 1 atom stereocenters. The molecule has 2 aliphatic rings. The van der Waals surface area contributed by atoms with Gasteiger partial charge in [0.15, 0.2) is 0 Å². The molecule has 152 valence electrons. The Morgan fingerprint density at radius 2 is 1.86 bits per heavy atom. The zero-order valence-corrected chi connectivity index (χ0v) is 16.6. The molecule has 3 rings (SSSR count). The van der Waals surface area contributed by atoms with Gasteiger partial charge in [0, 0.05) is 38.6 Å². The molecule has 1 N–H and O–H groups in total. The Balaban J connectivity index is 1.46. The van der Waals surface area contributed by atoms with E-state index in [4.69, 9.17) is 4.74 Å². The van der Waals surface area contributed by atoms with Crippen LogP contribution in [0.25, 0.3) is 0 Å². The van der Waals surface area contributed by atoms with E-state index in [0.29, 0.717) is 45.6 Å². The smallest absolute Gasteiger partial charge is 0.409 e. The SMILES string of the molecule is CCOC(=O)N1CCC(NC(=O)C2CC(=O)N(Cc3ccc(C)cc3)C2)CC1. The molecular weight excluding hydrogens is 358 g/mol. The van der Waals surface area contributed by atoms with E-state index < -0.39 is 0 Å². The third-order valence-corrected chi connectivity index (χ3v) is 5.45. The quantitative estimate of drug-likeness (QED) is 0.839. The van der Waals surface area contributed by atoms with Crippen molar-refractivity contribution in [2.24, 2.45) is 5.92 Å². The number of rotatable bonds is 5. The van der Waals surface area contributed by atoms with Crippen molar-refractivity contribution in [1.82, 2.24) is 15.1 Å². The third kappa shape index (κ3) is 5.03. The standard InChI is InChI=1S/C21H29N3O4/c1-3-28-21(27)23-10-8-18(9-11-23)22-20(26)17-12-19(25)24(14-17)13-16-6-4-15(2)5-7-16/h4-7,17-18H,3,8-14H2,1-2H3,(H,22,26). The van der Waals surface area contributed by atoms with Crippen LogP contribution in [0.2, 0.25) is 0 Å². The van der Waals surface area contributed by atoms with Crippen LogP contribution in [-0.2, 0) is 20.9 Å². The van der Waals surface area contributed by atoms with Crippen molar-refractivity contribution in [3.63, 3.8) is 0 Å². The molecule has 2 fully saturated rings. The molecule has 0 aliphatic carbocycles. The van der Waals surface area contributed by atoms with E-state index in [9.17, 15) is 14.4 Å². The molecule has 1 aromatic carbocycles. The minimum absolute atomic E-state index is 0.0258. The van der Waals surface area contributed by atoms with Crippen LogP contribution < -0.4 is 5.32 Å². The number of nitrogens with one attached hydrogen (secondary N) is 1. The number of aryl methyl sites for hydroxylation is 1. The fourth-order valence-electron chi connectivity index (χ4n) is 3.75. The van der Waals surface area contributed by atoms with Gasteiger partial charge in [-0.25, -0.2) is 4.79 Å². The van der Waals surface area contributed by atoms with Crippen LogP contribution in [0.4, 0.5) is 4.79 Å². The second kappa shape index (κ2) is 9.08. The molecule has 0 bridgehead atoms. The van der Waals surface area contributed by atoms with E-state index in [1.54, 1.807) is 16.7 Å². The maximum Gasteiger partial charge on any atom is 0.409 e. The molecule has 1 aromatic rings. The highest BCUT2D eigenvalue weighted by Crippen LogP contribution is 2.21. The van der Waals surface area contributed by atoms with E-state index in [-0.39, 0.29) is 36.3 Å². The van der Waals surface area contributed by atoms with Gasteiger partial charge in [-0.2, -0.15) is 0 Å². The molecule has 0 saturated carbocycles. The Kier molecular flexibility index (Phi) is 6.54. The molecule has 7 nitrogen and oxygen atoms in total. The Morgan fingerprint density at radius 3 is 2.50 bits per heavy atom. The molecule has 2 heterocycles. The van der Waals surface area contributed by atoms with Gasteiger partial charge in [-0.15, -0.1) is 0 Å². The lowest BCUT2D eigenvalue weighted by Gasteiger charge is -2.32. The second-order valence-corrected chi connectivity index (χ2v) is 7.63. The summed E-state index contributed by atoms with van der Waals surface area (Å²) in [6.07, 6.45) is 1.39. The number of carbonyl (C=O) groups excluding carboxylic acids is 3. The number of hydrogen-bond acceptors (Lipinski definition) is 4. The fourth-order valence-corrected chi connectivity index (χ4v) is 3.75. The van der Waals surface area contributed by atoms with Crippen molar-refractivity contribution in [2.75, 3.05) is 26.2 Å². The summed E-state index contributed by atoms with van der Waals surface area (Å²) in [5, 5.41) is 3.07. The van der Waals surface area contributed by atoms with Gasteiger partial charge >= 0.3 is 6.09 Å². The van der Waals surface area contributed by atoms with Gasteiger partial charge in [-0.1, -0.05) is 29.8 Å². The number of likely N-dealkylation sites (tertiary alicyclic amines) is 2. The summed E-state index contributed by atoms with van der Waals surface area (Å²) in [6.45, 7) is 6.34. The average Bonchev–Trinajstić information content (AvgIpc) is 3.05. The first kappa shape index (κ1) is 20.2. The lowest BCUT2D eigenvalue weighted by molar-refractivity contribution is -0.129. The van der Waals surface area contributed by atoms with Crippen molar-refractivity contribution in [2.45, 2.75) is 45.7 Å². The number of nitrogens with zero attached hydrogens (tertiary/aromatic N) is 2. The summed E-state index contributed by atoms with van der Waals surface area (Å²) in [6, 6.07) is 8.14. The molecule has 2 aliphatic heterocycles. The second-order valence-electron chi connectivity index (χ2n) is 7.63. The molecule has 0 aromatic heterocycles. The van der Waals surface area contributed by atoms with Crippen molar-refractivity contribution in [3.8, 4) is 0 Å². The van der Waals surface area contributed by atoms with E-state index in [2.05, 4.69) is 5.32 Å². The van der Waals surface area contributed by atoms with Crippen molar-refractivity contribution >= 4 is 17.9 Å². The molecule has 7 heteroatoms. The van der Waals surface area contributed by atoms with Crippen LogP contribution in [-0.4, -0.2) is 60.0 Å². The first-order valence-electron chi connectivity index (χ1n) is 10.0. The summed E-state index contributed by atoms with van der Waals surface area (Å²) in [5.74, 6) is -0.340. The van der Waals surface area contributed by atoms with Crippen molar-refractivity contribution < 1.29 is 19.1 Å². The van der Waals surface area contributed by atoms with Crippen LogP contribution >= 0.6 is 0 Å². The summed E-state index contributed by atoms with van der Waals surface area (Å²) in [4.78, 5) is 40.1. The van der Waals surface area contributed by atoms with Gasteiger partial charge in [-0.3, -0.25) is 9.59 Å². The van der Waals surface area contributed by atoms with Crippen LogP contribution in [0, 0.1) is 12.8 Å². The zero-order chi connectivity index (χ0) is 20.1. The monoisotopic (exact) mass is 387 g/mol. The first-order valence-corrected chi connectivity index (χ1v) is 10.0. The fraction of sp³-hybridized carbons (Fsp3) is 0.571. The van der Waals surface area contributed by atoms with E-state index >= 15 is 0 Å². The van der Waals surface area contributed by atoms with Crippen LogP contribution in [0.3, 0.4) is 0 Å². The predicted molar refractivity (Wildman–Crippen MR) is 104 cm³/mol. The molecule has 0 spiro atoms. The highest BCUT2D eigenvalue weighted by Gasteiger charge is 2.35. The Hall–Kier alpha value is -2.57. The summed E-state index contributed by atoms with van der Waals surface area (Å²) >= 11 is 0. The largest absolute Gasteiger partial charge is 0.450 e. The third-order valence-electron chi connectivity index (χ3n) is 5.45. The Bertz CT molecular complexity index is 711. The van der Waals surface area contributed by atoms with Crippen LogP contribution in [0.5, 0.6) is 0 Å². The Morgan fingerprint density at radius 1 is 1.18 bits per heavy atom. The van der Waals surface area contributed by atoms with Crippen molar-refractivity contribution in [1.29, 1.82) is 0 Å². The molecule has 0 radical (unpaired) electrons. The van der Waals surface area contributed by atoms with E-state index in [1.165, 1.54) is 5.56 Å². The average molecular weight is 387 g/mol. The zero-order valence-electron chi connectivity index (χ0n) is 16.6. The number of ether oxygens (including phenoxy) is 1. The normalized spacial score (nSPS) is 20.4. The molecule has 2 saturated heterocycles. The Labute approximate surface area is 166 Å². The minimum Gasteiger partial charge on any atom is -0.450 e. The maximum absolute atomic E-state index is 12.6.